The summed E-state index contributed by atoms with van der Waals surface area (Å²) in [6, 6.07) is 15.9. The van der Waals surface area contributed by atoms with Crippen LogP contribution in [0.25, 0.3) is 32.8 Å². The van der Waals surface area contributed by atoms with Crippen molar-refractivity contribution in [1.29, 1.82) is 0 Å². The molecule has 2 heterocycles. The van der Waals surface area contributed by atoms with Crippen LogP contribution in [0, 0.1) is 0 Å². The molecule has 0 saturated carbocycles. The average molecular weight is 283 g/mol. The zero-order valence-electron chi connectivity index (χ0n) is 10.8. The van der Waals surface area contributed by atoms with Gasteiger partial charge in [-0.15, -0.1) is 0 Å². The number of hydrogen-bond acceptors (Lipinski definition) is 2. The number of halogens is 1. The summed E-state index contributed by atoms with van der Waals surface area (Å²) in [7, 11) is 1.64. The Morgan fingerprint density at radius 1 is 1.00 bits per heavy atom. The van der Waals surface area contributed by atoms with Gasteiger partial charge in [-0.2, -0.15) is 4.73 Å². The van der Waals surface area contributed by atoms with E-state index in [1.807, 2.05) is 48.5 Å². The lowest BCUT2D eigenvalue weighted by molar-refractivity contribution is 0.190. The first-order valence-corrected chi connectivity index (χ1v) is 6.71. The number of para-hydroxylation sites is 2. The zero-order chi connectivity index (χ0) is 13.7. The lowest BCUT2D eigenvalue weighted by Crippen LogP contribution is -2.05. The van der Waals surface area contributed by atoms with Crippen molar-refractivity contribution in [2.75, 3.05) is 7.11 Å². The van der Waals surface area contributed by atoms with Crippen LogP contribution in [0.3, 0.4) is 0 Å². The molecule has 4 heteroatoms. The Bertz CT molecular complexity index is 959. The number of pyridine rings is 1. The van der Waals surface area contributed by atoms with Gasteiger partial charge in [-0.25, -0.2) is 4.98 Å². The highest BCUT2D eigenvalue weighted by Crippen LogP contribution is 2.35. The van der Waals surface area contributed by atoms with E-state index >= 15 is 0 Å². The average Bonchev–Trinajstić information content (AvgIpc) is 2.82. The predicted octanol–water partition coefficient (Wildman–Crippen LogP) is 4.05. The molecular weight excluding hydrogens is 272 g/mol. The van der Waals surface area contributed by atoms with Crippen LogP contribution in [0.5, 0.6) is 0 Å². The monoisotopic (exact) mass is 282 g/mol. The van der Waals surface area contributed by atoms with Gasteiger partial charge in [0.15, 0.2) is 0 Å². The van der Waals surface area contributed by atoms with Gasteiger partial charge in [-0.1, -0.05) is 48.0 Å². The second kappa shape index (κ2) is 4.12. The molecule has 4 aromatic rings. The van der Waals surface area contributed by atoms with Crippen molar-refractivity contribution in [3.63, 3.8) is 0 Å². The molecule has 3 nitrogen and oxygen atoms in total. The van der Waals surface area contributed by atoms with E-state index in [1.165, 1.54) is 0 Å². The van der Waals surface area contributed by atoms with Gasteiger partial charge in [-0.3, -0.25) is 0 Å². The Balaban J connectivity index is 2.35. The molecule has 2 aromatic heterocycles. The van der Waals surface area contributed by atoms with E-state index in [0.717, 1.165) is 32.8 Å². The maximum absolute atomic E-state index is 6.59. The number of hydrogen-bond donors (Lipinski definition) is 0. The van der Waals surface area contributed by atoms with Crippen LogP contribution in [-0.4, -0.2) is 16.8 Å². The molecule has 0 fully saturated rings. The van der Waals surface area contributed by atoms with E-state index in [9.17, 15) is 0 Å². The van der Waals surface area contributed by atoms with Crippen LogP contribution in [0.1, 0.15) is 0 Å². The number of fused-ring (bicyclic) bond motifs is 4. The van der Waals surface area contributed by atoms with Crippen molar-refractivity contribution in [2.24, 2.45) is 0 Å². The minimum atomic E-state index is 0.670. The summed E-state index contributed by atoms with van der Waals surface area (Å²) in [5, 5.41) is 2.64. The molecule has 0 unspecified atom stereocenters. The SMILES string of the molecule is COn1c2ccccc2c2nc3ccccc3c(Cl)c21. The molecular formula is C16H11ClN2O. The Kier molecular flexibility index (Phi) is 2.38. The van der Waals surface area contributed by atoms with E-state index in [1.54, 1.807) is 11.8 Å². The molecule has 0 bridgehead atoms. The third kappa shape index (κ3) is 1.38. The summed E-state index contributed by atoms with van der Waals surface area (Å²) in [6.07, 6.45) is 0. The van der Waals surface area contributed by atoms with Gasteiger partial charge in [0.2, 0.25) is 0 Å². The summed E-state index contributed by atoms with van der Waals surface area (Å²) in [5.74, 6) is 0. The van der Waals surface area contributed by atoms with Gasteiger partial charge >= 0.3 is 0 Å². The summed E-state index contributed by atoms with van der Waals surface area (Å²) < 4.78 is 1.74. The molecule has 0 aliphatic rings. The van der Waals surface area contributed by atoms with E-state index in [2.05, 4.69) is 0 Å². The Morgan fingerprint density at radius 2 is 1.70 bits per heavy atom. The molecule has 0 aliphatic carbocycles. The smallest absolute Gasteiger partial charge is 0.126 e. The largest absolute Gasteiger partial charge is 0.416 e. The van der Waals surface area contributed by atoms with Gasteiger partial charge in [0.05, 0.1) is 16.1 Å². The summed E-state index contributed by atoms with van der Waals surface area (Å²) >= 11 is 6.59. The number of benzene rings is 2. The fourth-order valence-electron chi connectivity index (χ4n) is 2.70. The normalized spacial score (nSPS) is 11.5. The van der Waals surface area contributed by atoms with E-state index in [-0.39, 0.29) is 0 Å². The molecule has 20 heavy (non-hydrogen) atoms. The molecule has 2 aromatic carbocycles. The molecule has 98 valence electrons. The predicted molar refractivity (Wildman–Crippen MR) is 82.3 cm³/mol. The van der Waals surface area contributed by atoms with Crippen molar-refractivity contribution >= 4 is 44.4 Å². The van der Waals surface area contributed by atoms with Crippen molar-refractivity contribution in [1.82, 2.24) is 9.71 Å². The Morgan fingerprint density at radius 3 is 2.50 bits per heavy atom. The quantitative estimate of drug-likeness (QED) is 0.526. The molecule has 0 amide bonds. The minimum Gasteiger partial charge on any atom is -0.416 e. The maximum Gasteiger partial charge on any atom is 0.126 e. The van der Waals surface area contributed by atoms with Crippen LogP contribution in [-0.2, 0) is 0 Å². The van der Waals surface area contributed by atoms with E-state index in [0.29, 0.717) is 5.02 Å². The molecule has 0 saturated heterocycles. The zero-order valence-corrected chi connectivity index (χ0v) is 11.6. The lowest BCUT2D eigenvalue weighted by Gasteiger charge is -2.06. The first-order valence-electron chi connectivity index (χ1n) is 6.33. The van der Waals surface area contributed by atoms with E-state index < -0.39 is 0 Å². The number of aromatic nitrogens is 2. The molecule has 0 atom stereocenters. The number of rotatable bonds is 1. The van der Waals surface area contributed by atoms with Crippen molar-refractivity contribution in [2.45, 2.75) is 0 Å². The highest BCUT2D eigenvalue weighted by atomic mass is 35.5. The first-order chi connectivity index (χ1) is 9.81. The van der Waals surface area contributed by atoms with Gasteiger partial charge < -0.3 is 4.84 Å². The second-order valence-corrected chi connectivity index (χ2v) is 5.01. The van der Waals surface area contributed by atoms with E-state index in [4.69, 9.17) is 21.4 Å². The van der Waals surface area contributed by atoms with Crippen molar-refractivity contribution in [3.8, 4) is 0 Å². The lowest BCUT2D eigenvalue weighted by atomic mass is 10.2. The van der Waals surface area contributed by atoms with Gasteiger partial charge in [0, 0.05) is 10.8 Å². The summed E-state index contributed by atoms with van der Waals surface area (Å²) in [4.78, 5) is 10.3. The highest BCUT2D eigenvalue weighted by Gasteiger charge is 2.17. The number of nitrogens with zero attached hydrogens (tertiary/aromatic N) is 2. The van der Waals surface area contributed by atoms with Crippen LogP contribution < -0.4 is 4.84 Å². The third-order valence-corrected chi connectivity index (χ3v) is 3.95. The van der Waals surface area contributed by atoms with Gasteiger partial charge in [0.1, 0.15) is 18.1 Å². The minimum absolute atomic E-state index is 0.670. The van der Waals surface area contributed by atoms with Crippen LogP contribution >= 0.6 is 11.6 Å². The second-order valence-electron chi connectivity index (χ2n) is 4.63. The van der Waals surface area contributed by atoms with Crippen LogP contribution in [0.4, 0.5) is 0 Å². The fourth-order valence-corrected chi connectivity index (χ4v) is 3.02. The molecule has 0 spiro atoms. The highest BCUT2D eigenvalue weighted by molar-refractivity contribution is 6.40. The van der Waals surface area contributed by atoms with Gasteiger partial charge in [-0.05, 0) is 12.1 Å². The molecule has 0 aliphatic heterocycles. The standard InChI is InChI=1S/C16H11ClN2O/c1-20-19-13-9-5-3-7-11(13)15-16(19)14(17)10-6-2-4-8-12(10)18-15/h2-9H,1H3. The van der Waals surface area contributed by atoms with Crippen LogP contribution in [0.15, 0.2) is 48.5 Å². The topological polar surface area (TPSA) is 27.1 Å². The van der Waals surface area contributed by atoms with Crippen molar-refractivity contribution in [3.05, 3.63) is 53.6 Å². The summed E-state index contributed by atoms with van der Waals surface area (Å²) in [5.41, 5.74) is 3.54. The van der Waals surface area contributed by atoms with Crippen LogP contribution in [0.2, 0.25) is 5.02 Å². The third-order valence-electron chi connectivity index (χ3n) is 3.57. The van der Waals surface area contributed by atoms with Gasteiger partial charge in [0.25, 0.3) is 0 Å². The molecule has 4 rings (SSSR count). The fraction of sp³-hybridized carbons (Fsp3) is 0.0625. The summed E-state index contributed by atoms with van der Waals surface area (Å²) in [6.45, 7) is 0. The molecule has 0 radical (unpaired) electrons. The van der Waals surface area contributed by atoms with Crippen molar-refractivity contribution < 1.29 is 4.84 Å². The Labute approximate surface area is 120 Å². The molecule has 0 N–H and O–H groups in total. The Hall–Kier alpha value is -2.26. The maximum atomic E-state index is 6.59. The first kappa shape index (κ1) is 11.6.